The molecule has 0 bridgehead atoms. The van der Waals surface area contributed by atoms with Gasteiger partial charge in [0, 0.05) is 45.1 Å². The van der Waals surface area contributed by atoms with E-state index in [4.69, 9.17) is 11.6 Å². The van der Waals surface area contributed by atoms with Gasteiger partial charge in [-0.3, -0.25) is 9.59 Å². The van der Waals surface area contributed by atoms with Crippen LogP contribution in [0.5, 0.6) is 0 Å². The number of halogens is 1. The van der Waals surface area contributed by atoms with Crippen molar-refractivity contribution in [2.45, 2.75) is 24.0 Å². The molecule has 1 saturated carbocycles. The van der Waals surface area contributed by atoms with Crippen LogP contribution in [0.4, 0.5) is 0 Å². The second-order valence-corrected chi connectivity index (χ2v) is 10.6. The molecule has 2 amide bonds. The summed E-state index contributed by atoms with van der Waals surface area (Å²) in [6, 6.07) is 3.07. The number of rotatable bonds is 6. The first-order valence-corrected chi connectivity index (χ1v) is 11.2. The number of piperazine rings is 1. The molecular weight excluding hydrogens is 398 g/mol. The van der Waals surface area contributed by atoms with E-state index in [1.165, 1.54) is 10.4 Å². The molecule has 2 aliphatic rings. The average Bonchev–Trinajstić information content (AvgIpc) is 3.18. The van der Waals surface area contributed by atoms with Crippen molar-refractivity contribution in [2.24, 2.45) is 11.8 Å². The number of nitrogens with one attached hydrogen (secondary N) is 1. The lowest BCUT2D eigenvalue weighted by molar-refractivity contribution is -0.132. The van der Waals surface area contributed by atoms with E-state index in [0.717, 1.165) is 17.8 Å². The molecule has 0 aromatic carbocycles. The van der Waals surface area contributed by atoms with E-state index < -0.39 is 10.0 Å². The Kier molecular flexibility index (Phi) is 5.91. The van der Waals surface area contributed by atoms with Gasteiger partial charge in [-0.15, -0.1) is 11.3 Å². The third-order valence-corrected chi connectivity index (χ3v) is 8.42. The van der Waals surface area contributed by atoms with Crippen molar-refractivity contribution >= 4 is 44.8 Å². The molecule has 2 heterocycles. The van der Waals surface area contributed by atoms with Crippen LogP contribution in [0.1, 0.15) is 19.8 Å². The molecule has 1 aliphatic heterocycles. The summed E-state index contributed by atoms with van der Waals surface area (Å²) in [6.07, 6.45) is 1.16. The van der Waals surface area contributed by atoms with E-state index >= 15 is 0 Å². The third-order valence-electron chi connectivity index (χ3n) is 4.82. The molecule has 1 aromatic heterocycles. The molecular formula is C16H22ClN3O4S2. The first-order valence-electron chi connectivity index (χ1n) is 8.60. The van der Waals surface area contributed by atoms with Gasteiger partial charge in [-0.05, 0) is 24.5 Å². The number of thiophene rings is 1. The summed E-state index contributed by atoms with van der Waals surface area (Å²) >= 11 is 6.86. The van der Waals surface area contributed by atoms with E-state index in [1.54, 1.807) is 11.0 Å². The van der Waals surface area contributed by atoms with Crippen molar-refractivity contribution < 1.29 is 18.0 Å². The maximum Gasteiger partial charge on any atom is 0.252 e. The Morgan fingerprint density at radius 1 is 1.27 bits per heavy atom. The lowest BCUT2D eigenvalue weighted by Crippen LogP contribution is -2.50. The van der Waals surface area contributed by atoms with E-state index in [1.807, 2.05) is 6.92 Å². The molecule has 2 atom stereocenters. The van der Waals surface area contributed by atoms with Crippen molar-refractivity contribution in [2.75, 3.05) is 32.7 Å². The van der Waals surface area contributed by atoms with Crippen LogP contribution in [0.3, 0.4) is 0 Å². The SMILES string of the molecule is CC1CC1C(=O)NCCC(=O)N1CCN(S(=O)(=O)c2ccc(Cl)s2)CC1. The minimum absolute atomic E-state index is 0.0239. The minimum Gasteiger partial charge on any atom is -0.355 e. The van der Waals surface area contributed by atoms with Gasteiger partial charge >= 0.3 is 0 Å². The molecule has 26 heavy (non-hydrogen) atoms. The molecule has 7 nitrogen and oxygen atoms in total. The number of carbonyl (C=O) groups excluding carboxylic acids is 2. The molecule has 0 radical (unpaired) electrons. The molecule has 2 unspecified atom stereocenters. The van der Waals surface area contributed by atoms with Gasteiger partial charge < -0.3 is 10.2 Å². The fourth-order valence-electron chi connectivity index (χ4n) is 3.01. The molecule has 1 aliphatic carbocycles. The lowest BCUT2D eigenvalue weighted by Gasteiger charge is -2.33. The number of hydrogen-bond donors (Lipinski definition) is 1. The summed E-state index contributed by atoms with van der Waals surface area (Å²) in [5.41, 5.74) is 0. The van der Waals surface area contributed by atoms with Crippen LogP contribution in [0.25, 0.3) is 0 Å². The van der Waals surface area contributed by atoms with Crippen molar-refractivity contribution in [1.82, 2.24) is 14.5 Å². The van der Waals surface area contributed by atoms with Crippen LogP contribution in [-0.2, 0) is 19.6 Å². The van der Waals surface area contributed by atoms with Crippen LogP contribution in [-0.4, -0.2) is 62.2 Å². The zero-order chi connectivity index (χ0) is 18.9. The Labute approximate surface area is 162 Å². The fraction of sp³-hybridized carbons (Fsp3) is 0.625. The first kappa shape index (κ1) is 19.6. The summed E-state index contributed by atoms with van der Waals surface area (Å²) in [5, 5.41) is 2.80. The molecule has 0 spiro atoms. The highest BCUT2D eigenvalue weighted by Crippen LogP contribution is 2.37. The smallest absolute Gasteiger partial charge is 0.252 e. The number of amides is 2. The van der Waals surface area contributed by atoms with Gasteiger partial charge in [0.2, 0.25) is 11.8 Å². The number of sulfonamides is 1. The normalized spacial score (nSPS) is 23.7. The van der Waals surface area contributed by atoms with Crippen molar-refractivity contribution in [1.29, 1.82) is 0 Å². The van der Waals surface area contributed by atoms with Gasteiger partial charge in [0.05, 0.1) is 4.34 Å². The molecule has 1 N–H and O–H groups in total. The number of carbonyl (C=O) groups is 2. The monoisotopic (exact) mass is 419 g/mol. The predicted molar refractivity (Wildman–Crippen MR) is 99.6 cm³/mol. The maximum atomic E-state index is 12.5. The van der Waals surface area contributed by atoms with Crippen molar-refractivity contribution in [3.63, 3.8) is 0 Å². The molecule has 1 saturated heterocycles. The second kappa shape index (κ2) is 7.84. The van der Waals surface area contributed by atoms with Crippen LogP contribution < -0.4 is 5.32 Å². The van der Waals surface area contributed by atoms with Crippen LogP contribution in [0.15, 0.2) is 16.3 Å². The highest BCUT2D eigenvalue weighted by molar-refractivity contribution is 7.91. The fourth-order valence-corrected chi connectivity index (χ4v) is 6.07. The molecule has 10 heteroatoms. The van der Waals surface area contributed by atoms with Gasteiger partial charge in [0.25, 0.3) is 10.0 Å². The topological polar surface area (TPSA) is 86.8 Å². The summed E-state index contributed by atoms with van der Waals surface area (Å²) in [6.45, 7) is 3.58. The Morgan fingerprint density at radius 2 is 1.92 bits per heavy atom. The maximum absolute atomic E-state index is 12.5. The van der Waals surface area contributed by atoms with E-state index in [-0.39, 0.29) is 41.5 Å². The van der Waals surface area contributed by atoms with Gasteiger partial charge in [-0.25, -0.2) is 8.42 Å². The van der Waals surface area contributed by atoms with Crippen LogP contribution in [0, 0.1) is 11.8 Å². The highest BCUT2D eigenvalue weighted by atomic mass is 35.5. The molecule has 3 rings (SSSR count). The Morgan fingerprint density at radius 3 is 2.46 bits per heavy atom. The molecule has 2 fully saturated rings. The lowest BCUT2D eigenvalue weighted by atomic mass is 10.3. The van der Waals surface area contributed by atoms with Gasteiger partial charge in [0.1, 0.15) is 4.21 Å². The largest absolute Gasteiger partial charge is 0.355 e. The quantitative estimate of drug-likeness (QED) is 0.755. The van der Waals surface area contributed by atoms with Crippen molar-refractivity contribution in [3.8, 4) is 0 Å². The number of hydrogen-bond acceptors (Lipinski definition) is 5. The first-order chi connectivity index (χ1) is 12.3. The summed E-state index contributed by atoms with van der Waals surface area (Å²) in [5.74, 6) is 0.504. The van der Waals surface area contributed by atoms with Crippen LogP contribution >= 0.6 is 22.9 Å². The molecule has 1 aromatic rings. The molecule has 144 valence electrons. The Bertz CT molecular complexity index is 787. The van der Waals surface area contributed by atoms with E-state index in [2.05, 4.69) is 5.32 Å². The summed E-state index contributed by atoms with van der Waals surface area (Å²) in [4.78, 5) is 25.6. The Hall–Kier alpha value is -1.16. The second-order valence-electron chi connectivity index (χ2n) is 6.70. The van der Waals surface area contributed by atoms with E-state index in [9.17, 15) is 18.0 Å². The number of nitrogens with zero attached hydrogens (tertiary/aromatic N) is 2. The van der Waals surface area contributed by atoms with Gasteiger partial charge in [-0.1, -0.05) is 18.5 Å². The van der Waals surface area contributed by atoms with Gasteiger partial charge in [-0.2, -0.15) is 4.31 Å². The highest BCUT2D eigenvalue weighted by Gasteiger charge is 2.39. The summed E-state index contributed by atoms with van der Waals surface area (Å²) < 4.78 is 27.1. The Balaban J connectivity index is 1.44. The zero-order valence-corrected chi connectivity index (χ0v) is 16.9. The average molecular weight is 420 g/mol. The minimum atomic E-state index is -3.55. The predicted octanol–water partition coefficient (Wildman–Crippen LogP) is 1.40. The van der Waals surface area contributed by atoms with Gasteiger partial charge in [0.15, 0.2) is 0 Å². The third kappa shape index (κ3) is 4.39. The standard InChI is InChI=1S/C16H22ClN3O4S2/c1-11-10-12(11)16(22)18-5-4-14(21)19-6-8-20(9-7-19)26(23,24)15-3-2-13(17)25-15/h2-3,11-12H,4-10H2,1H3,(H,18,22). The van der Waals surface area contributed by atoms with Crippen molar-refractivity contribution in [3.05, 3.63) is 16.5 Å². The summed E-state index contributed by atoms with van der Waals surface area (Å²) in [7, 11) is -3.55. The van der Waals surface area contributed by atoms with E-state index in [0.29, 0.717) is 29.9 Å². The zero-order valence-electron chi connectivity index (χ0n) is 14.5. The van der Waals surface area contributed by atoms with Crippen LogP contribution in [0.2, 0.25) is 4.34 Å².